The number of likely N-dealkylation sites (N-methyl/N-ethyl adjacent to an activating group) is 1. The first-order chi connectivity index (χ1) is 9.60. The quantitative estimate of drug-likeness (QED) is 0.863. The van der Waals surface area contributed by atoms with Crippen molar-refractivity contribution in [3.8, 4) is 11.1 Å². The first kappa shape index (κ1) is 14.7. The van der Waals surface area contributed by atoms with Gasteiger partial charge in [-0.1, -0.05) is 31.2 Å². The van der Waals surface area contributed by atoms with Crippen molar-refractivity contribution in [1.82, 2.24) is 5.32 Å². The molecule has 0 amide bonds. The molecule has 0 bridgehead atoms. The highest BCUT2D eigenvalue weighted by Gasteiger charge is 2.07. The molecule has 0 radical (unpaired) electrons. The molecule has 0 aliphatic heterocycles. The Morgan fingerprint density at radius 1 is 1.05 bits per heavy atom. The number of rotatable bonds is 5. The van der Waals surface area contributed by atoms with Gasteiger partial charge in [-0.15, -0.1) is 0 Å². The van der Waals surface area contributed by atoms with Gasteiger partial charge in [0.2, 0.25) is 0 Å². The summed E-state index contributed by atoms with van der Waals surface area (Å²) in [5.74, 6) is -0.827. The Bertz CT molecular complexity index is 564. The molecular formula is C17H19F2N. The molecule has 0 saturated heterocycles. The van der Waals surface area contributed by atoms with Gasteiger partial charge in [0.1, 0.15) is 11.6 Å². The summed E-state index contributed by atoms with van der Waals surface area (Å²) < 4.78 is 26.9. The van der Waals surface area contributed by atoms with Gasteiger partial charge >= 0.3 is 0 Å². The lowest BCUT2D eigenvalue weighted by atomic mass is 10.0. The third-order valence-corrected chi connectivity index (χ3v) is 3.29. The van der Waals surface area contributed by atoms with Crippen LogP contribution in [0.3, 0.4) is 0 Å². The molecule has 0 aliphatic rings. The molecule has 2 rings (SSSR count). The van der Waals surface area contributed by atoms with Gasteiger partial charge in [0.05, 0.1) is 0 Å². The summed E-state index contributed by atoms with van der Waals surface area (Å²) in [5.41, 5.74) is 2.18. The molecule has 1 unspecified atom stereocenters. The highest BCUT2D eigenvalue weighted by atomic mass is 19.1. The highest BCUT2D eigenvalue weighted by molar-refractivity contribution is 5.64. The fourth-order valence-electron chi connectivity index (χ4n) is 2.31. The van der Waals surface area contributed by atoms with E-state index >= 15 is 0 Å². The number of hydrogen-bond acceptors (Lipinski definition) is 1. The molecular weight excluding hydrogens is 256 g/mol. The van der Waals surface area contributed by atoms with E-state index in [1.54, 1.807) is 0 Å². The minimum atomic E-state index is -0.425. The van der Waals surface area contributed by atoms with Gasteiger partial charge in [0, 0.05) is 11.6 Å². The number of nitrogens with one attached hydrogen (secondary N) is 1. The van der Waals surface area contributed by atoms with Crippen LogP contribution in [0.2, 0.25) is 0 Å². The molecule has 3 heteroatoms. The van der Waals surface area contributed by atoms with Crippen LogP contribution in [0.4, 0.5) is 8.78 Å². The van der Waals surface area contributed by atoms with Gasteiger partial charge in [-0.05, 0) is 49.2 Å². The lowest BCUT2D eigenvalue weighted by molar-refractivity contribution is 0.565. The predicted octanol–water partition coefficient (Wildman–Crippen LogP) is 4.17. The van der Waals surface area contributed by atoms with Gasteiger partial charge < -0.3 is 5.32 Å². The van der Waals surface area contributed by atoms with Crippen LogP contribution in [-0.4, -0.2) is 12.6 Å². The molecule has 0 heterocycles. The Morgan fingerprint density at radius 3 is 2.40 bits per heavy atom. The Kier molecular flexibility index (Phi) is 4.85. The van der Waals surface area contributed by atoms with Crippen molar-refractivity contribution < 1.29 is 8.78 Å². The topological polar surface area (TPSA) is 12.0 Å². The molecule has 0 spiro atoms. The van der Waals surface area contributed by atoms with Crippen LogP contribution in [0, 0.1) is 11.6 Å². The summed E-state index contributed by atoms with van der Waals surface area (Å²) in [4.78, 5) is 0. The van der Waals surface area contributed by atoms with Gasteiger partial charge in [-0.3, -0.25) is 0 Å². The number of benzene rings is 2. The Morgan fingerprint density at radius 2 is 1.75 bits per heavy atom. The van der Waals surface area contributed by atoms with Crippen LogP contribution < -0.4 is 5.32 Å². The molecule has 20 heavy (non-hydrogen) atoms. The van der Waals surface area contributed by atoms with Gasteiger partial charge in [0.25, 0.3) is 0 Å². The van der Waals surface area contributed by atoms with E-state index in [1.165, 1.54) is 11.6 Å². The standard InChI is InChI=1S/C17H19F2N/c1-3-20-12(2)10-13-4-6-14(7-5-13)16-11-15(18)8-9-17(16)19/h4-9,11-12,20H,3,10H2,1-2H3. The maximum absolute atomic E-state index is 13.7. The minimum Gasteiger partial charge on any atom is -0.314 e. The van der Waals surface area contributed by atoms with Crippen molar-refractivity contribution >= 4 is 0 Å². The predicted molar refractivity (Wildman–Crippen MR) is 78.6 cm³/mol. The van der Waals surface area contributed by atoms with Crippen molar-refractivity contribution in [2.75, 3.05) is 6.54 Å². The van der Waals surface area contributed by atoms with E-state index in [1.807, 2.05) is 24.3 Å². The Labute approximate surface area is 118 Å². The first-order valence-corrected chi connectivity index (χ1v) is 6.88. The zero-order chi connectivity index (χ0) is 14.5. The maximum Gasteiger partial charge on any atom is 0.131 e. The number of hydrogen-bond donors (Lipinski definition) is 1. The zero-order valence-corrected chi connectivity index (χ0v) is 11.8. The van der Waals surface area contributed by atoms with E-state index in [4.69, 9.17) is 0 Å². The van der Waals surface area contributed by atoms with Crippen LogP contribution in [0.15, 0.2) is 42.5 Å². The van der Waals surface area contributed by atoms with E-state index in [2.05, 4.69) is 19.2 Å². The van der Waals surface area contributed by atoms with Crippen LogP contribution in [0.5, 0.6) is 0 Å². The molecule has 106 valence electrons. The average molecular weight is 275 g/mol. The van der Waals surface area contributed by atoms with Crippen molar-refractivity contribution in [2.24, 2.45) is 0 Å². The molecule has 1 atom stereocenters. The summed E-state index contributed by atoms with van der Waals surface area (Å²) in [6.45, 7) is 5.14. The Hall–Kier alpha value is -1.74. The van der Waals surface area contributed by atoms with Crippen LogP contribution in [-0.2, 0) is 6.42 Å². The van der Waals surface area contributed by atoms with Crippen LogP contribution in [0.25, 0.3) is 11.1 Å². The van der Waals surface area contributed by atoms with Crippen molar-refractivity contribution in [2.45, 2.75) is 26.3 Å². The van der Waals surface area contributed by atoms with E-state index in [-0.39, 0.29) is 0 Å². The second-order valence-corrected chi connectivity index (χ2v) is 4.98. The van der Waals surface area contributed by atoms with Crippen molar-refractivity contribution in [1.29, 1.82) is 0 Å². The van der Waals surface area contributed by atoms with E-state index in [0.29, 0.717) is 17.2 Å². The van der Waals surface area contributed by atoms with E-state index in [9.17, 15) is 8.78 Å². The summed E-state index contributed by atoms with van der Waals surface area (Å²) in [7, 11) is 0. The zero-order valence-electron chi connectivity index (χ0n) is 11.8. The van der Waals surface area contributed by atoms with Gasteiger partial charge in [-0.2, -0.15) is 0 Å². The fraction of sp³-hybridized carbons (Fsp3) is 0.294. The fourth-order valence-corrected chi connectivity index (χ4v) is 2.31. The molecule has 2 aromatic rings. The minimum absolute atomic E-state index is 0.302. The van der Waals surface area contributed by atoms with Crippen LogP contribution in [0.1, 0.15) is 19.4 Å². The smallest absolute Gasteiger partial charge is 0.131 e. The SMILES string of the molecule is CCNC(C)Cc1ccc(-c2cc(F)ccc2F)cc1. The third kappa shape index (κ3) is 3.64. The second kappa shape index (κ2) is 6.62. The van der Waals surface area contributed by atoms with E-state index in [0.717, 1.165) is 25.1 Å². The summed E-state index contributed by atoms with van der Waals surface area (Å²) in [6, 6.07) is 11.5. The molecule has 0 saturated carbocycles. The first-order valence-electron chi connectivity index (χ1n) is 6.88. The lowest BCUT2D eigenvalue weighted by Crippen LogP contribution is -2.27. The summed E-state index contributed by atoms with van der Waals surface area (Å²) in [6.07, 6.45) is 0.916. The highest BCUT2D eigenvalue weighted by Crippen LogP contribution is 2.24. The van der Waals surface area contributed by atoms with Crippen molar-refractivity contribution in [3.05, 3.63) is 59.7 Å². The van der Waals surface area contributed by atoms with Crippen LogP contribution >= 0.6 is 0 Å². The summed E-state index contributed by atoms with van der Waals surface area (Å²) >= 11 is 0. The van der Waals surface area contributed by atoms with E-state index < -0.39 is 11.6 Å². The van der Waals surface area contributed by atoms with Gasteiger partial charge in [-0.25, -0.2) is 8.78 Å². The molecule has 2 aromatic carbocycles. The molecule has 0 aliphatic carbocycles. The normalized spacial score (nSPS) is 12.4. The molecule has 0 aromatic heterocycles. The molecule has 0 fully saturated rings. The molecule has 1 nitrogen and oxygen atoms in total. The third-order valence-electron chi connectivity index (χ3n) is 3.29. The second-order valence-electron chi connectivity index (χ2n) is 4.98. The number of halogens is 2. The maximum atomic E-state index is 13.7. The molecule has 1 N–H and O–H groups in total. The largest absolute Gasteiger partial charge is 0.314 e. The lowest BCUT2D eigenvalue weighted by Gasteiger charge is -2.12. The van der Waals surface area contributed by atoms with Gasteiger partial charge in [0.15, 0.2) is 0 Å². The summed E-state index contributed by atoms with van der Waals surface area (Å²) in [5, 5.41) is 3.35. The average Bonchev–Trinajstić information content (AvgIpc) is 2.43. The Balaban J connectivity index is 2.17. The van der Waals surface area contributed by atoms with Crippen molar-refractivity contribution in [3.63, 3.8) is 0 Å². The monoisotopic (exact) mass is 275 g/mol.